The van der Waals surface area contributed by atoms with Crippen molar-refractivity contribution in [2.75, 3.05) is 5.32 Å². The van der Waals surface area contributed by atoms with Crippen molar-refractivity contribution in [1.82, 2.24) is 4.72 Å². The molecule has 0 saturated carbocycles. The van der Waals surface area contributed by atoms with Crippen LogP contribution in [-0.4, -0.2) is 109 Å². The Labute approximate surface area is 468 Å². The van der Waals surface area contributed by atoms with Crippen molar-refractivity contribution in [3.05, 3.63) is 137 Å². The quantitative estimate of drug-likeness (QED) is 0.0185. The molecule has 1 atom stereocenters. The first kappa shape index (κ1) is 71.6. The van der Waals surface area contributed by atoms with Gasteiger partial charge in [-0.3, -0.25) is 19.2 Å². The van der Waals surface area contributed by atoms with Crippen molar-refractivity contribution < 1.29 is 119 Å². The number of ether oxygens (including phenoxy) is 1. The van der Waals surface area contributed by atoms with Gasteiger partial charge in [0.15, 0.2) is 5.75 Å². The molecule has 1 amide bonds. The number of halogens is 6. The fraction of sp³-hybridized carbons (Fsp3) is 0.283. The number of aryl methyl sites for hydroxylation is 1. The van der Waals surface area contributed by atoms with E-state index in [4.69, 9.17) is 30.6 Å². The molecule has 10 N–H and O–H groups in total. The second-order valence-electron chi connectivity index (χ2n) is 16.9. The number of aliphatic carboxylic acids is 2. The van der Waals surface area contributed by atoms with Crippen molar-refractivity contribution in [2.45, 2.75) is 103 Å². The number of benzene rings is 5. The zero-order valence-electron chi connectivity index (χ0n) is 44.2. The lowest BCUT2D eigenvalue weighted by atomic mass is 10.1. The number of carboxylic acid groups (broad SMARTS) is 6. The summed E-state index contributed by atoms with van der Waals surface area (Å²) >= 11 is 0. The highest BCUT2D eigenvalue weighted by atomic mass is 32.2. The third-order valence-corrected chi connectivity index (χ3v) is 11.6. The second kappa shape index (κ2) is 34.0. The molecule has 1 unspecified atom stereocenters. The highest BCUT2D eigenvalue weighted by molar-refractivity contribution is 7.89. The second-order valence-corrected chi connectivity index (χ2v) is 18.7. The Bertz CT molecular complexity index is 3180. The lowest BCUT2D eigenvalue weighted by molar-refractivity contribution is -0.274. The van der Waals surface area contributed by atoms with E-state index in [0.717, 1.165) is 66.9 Å². The minimum Gasteiger partial charge on any atom is -0.507 e. The van der Waals surface area contributed by atoms with Gasteiger partial charge in [-0.15, -0.1) is 18.3 Å². The van der Waals surface area contributed by atoms with Gasteiger partial charge in [0.05, 0.1) is 32.8 Å². The molecule has 23 nitrogen and oxygen atoms in total. The summed E-state index contributed by atoms with van der Waals surface area (Å²) in [6.07, 6.45) is -3.27. The van der Waals surface area contributed by atoms with Crippen LogP contribution in [0.15, 0.2) is 118 Å². The molecule has 0 aliphatic heterocycles. The number of azo groups is 1. The van der Waals surface area contributed by atoms with E-state index in [1.807, 2.05) is 6.92 Å². The number of aromatic hydroxyl groups is 2. The minimum absolute atomic E-state index is 0.0613. The van der Waals surface area contributed by atoms with Crippen molar-refractivity contribution in [2.24, 2.45) is 10.2 Å². The highest BCUT2D eigenvalue weighted by Crippen LogP contribution is 2.38. The largest absolute Gasteiger partial charge is 0.573 e. The van der Waals surface area contributed by atoms with Crippen molar-refractivity contribution in [3.8, 4) is 17.2 Å². The number of nitrogens with one attached hydrogen (secondary N) is 2. The van der Waals surface area contributed by atoms with E-state index in [9.17, 15) is 83.3 Å². The molecule has 450 valence electrons. The van der Waals surface area contributed by atoms with E-state index < -0.39 is 98.7 Å². The number of phenols is 2. The Morgan fingerprint density at radius 2 is 1.20 bits per heavy atom. The van der Waals surface area contributed by atoms with E-state index in [2.05, 4.69) is 31.9 Å². The van der Waals surface area contributed by atoms with Gasteiger partial charge in [-0.1, -0.05) is 56.0 Å². The molecule has 5 rings (SSSR count). The van der Waals surface area contributed by atoms with Gasteiger partial charge in [-0.25, -0.2) is 27.6 Å². The zero-order valence-corrected chi connectivity index (χ0v) is 45.0. The summed E-state index contributed by atoms with van der Waals surface area (Å²) < 4.78 is 102. The van der Waals surface area contributed by atoms with Crippen molar-refractivity contribution in [1.29, 1.82) is 0 Å². The van der Waals surface area contributed by atoms with Crippen LogP contribution in [0.3, 0.4) is 0 Å². The number of sulfonamides is 1. The molecule has 0 bridgehead atoms. The molecule has 0 aliphatic rings. The van der Waals surface area contributed by atoms with Crippen LogP contribution in [0.5, 0.6) is 17.2 Å². The number of alkyl halides is 6. The van der Waals surface area contributed by atoms with E-state index in [-0.39, 0.29) is 50.9 Å². The number of hydrogen-bond donors (Lipinski definition) is 10. The zero-order chi connectivity index (χ0) is 63.4. The number of carbonyl (C=O) groups excluding carboxylic acids is 2. The van der Waals surface area contributed by atoms with Crippen molar-refractivity contribution >= 4 is 74.6 Å². The standard InChI is InChI=1S/C14H9F3N2O4.C11H20O3.C10H9NO5.C10H13NO4S.C8H5F3O3/c15-14(16,17)7-2-1-3-8(6-7)18-19-9-4-5-10(20)11(12(9)21)13(22)23;1-2-3-4-5-7-10(12)8-6-9-11(13)14;1-5(12)11-8-3-6(9(13)14)2-7(4-8)10(15)16;1-7-3-5-9(6-4-7)16(14,15)11-8(2)10(12)13;9-8(10,11)14-6-3-1-2-5(4-6)7(12)13/h1-6,20-21H,(H,22,23);2-9H2,1H3,(H,13,14);2-4H,1H3,(H,11,12)(H,13,14)(H,15,16);3-6,8,11H,1-2H3,(H,12,13);1-4H,(H,12,13). The molecule has 0 spiro atoms. The molecule has 0 saturated heterocycles. The molecule has 5 aromatic carbocycles. The maximum absolute atomic E-state index is 12.6. The Hall–Kier alpha value is -9.45. The number of unbranched alkanes of at least 4 members (excludes halogenated alkanes) is 3. The average Bonchev–Trinajstić information content (AvgIpc) is 3.53. The van der Waals surface area contributed by atoms with E-state index in [1.165, 1.54) is 69.2 Å². The summed E-state index contributed by atoms with van der Waals surface area (Å²) in [6.45, 7) is 6.49. The Morgan fingerprint density at radius 1 is 0.639 bits per heavy atom. The van der Waals surface area contributed by atoms with Gasteiger partial charge >= 0.3 is 48.4 Å². The van der Waals surface area contributed by atoms with Crippen molar-refractivity contribution in [3.63, 3.8) is 0 Å². The molecular formula is C53H56F6N4O19S. The Morgan fingerprint density at radius 3 is 1.70 bits per heavy atom. The first-order chi connectivity index (χ1) is 38.5. The van der Waals surface area contributed by atoms with Gasteiger partial charge in [0.25, 0.3) is 0 Å². The first-order valence-electron chi connectivity index (χ1n) is 23.9. The van der Waals surface area contributed by atoms with Crippen LogP contribution >= 0.6 is 0 Å². The lowest BCUT2D eigenvalue weighted by Gasteiger charge is -2.10. The summed E-state index contributed by atoms with van der Waals surface area (Å²) in [6, 6.07) is 18.7. The fourth-order valence-corrected chi connectivity index (χ4v) is 7.27. The number of hydrogen-bond acceptors (Lipinski definition) is 15. The first-order valence-corrected chi connectivity index (χ1v) is 25.4. The number of carboxylic acids is 6. The maximum Gasteiger partial charge on any atom is 0.573 e. The van der Waals surface area contributed by atoms with E-state index in [1.54, 1.807) is 12.1 Å². The highest BCUT2D eigenvalue weighted by Gasteiger charge is 2.32. The predicted octanol–water partition coefficient (Wildman–Crippen LogP) is 11.1. The van der Waals surface area contributed by atoms with E-state index in [0.29, 0.717) is 19.3 Å². The van der Waals surface area contributed by atoms with Crippen LogP contribution in [0.2, 0.25) is 0 Å². The topological polar surface area (TPSA) is 391 Å². The van der Waals surface area contributed by atoms with Gasteiger partial charge in [-0.05, 0) is 106 Å². The van der Waals surface area contributed by atoms with Crippen LogP contribution in [0.4, 0.5) is 43.4 Å². The molecular weight excluding hydrogens is 1140 g/mol. The number of amides is 1. The molecule has 0 heterocycles. The summed E-state index contributed by atoms with van der Waals surface area (Å²) in [5.41, 5.74) is -1.70. The van der Waals surface area contributed by atoms with Gasteiger partial charge in [0, 0.05) is 31.9 Å². The number of carbonyl (C=O) groups is 8. The van der Waals surface area contributed by atoms with Gasteiger partial charge in [0.2, 0.25) is 15.9 Å². The lowest BCUT2D eigenvalue weighted by Crippen LogP contribution is -2.38. The number of rotatable bonds is 21. The Balaban J connectivity index is 0.000000527. The summed E-state index contributed by atoms with van der Waals surface area (Å²) in [4.78, 5) is 85.4. The summed E-state index contributed by atoms with van der Waals surface area (Å²) in [5.74, 6) is -9.68. The van der Waals surface area contributed by atoms with Crippen LogP contribution in [0, 0.1) is 6.92 Å². The number of Topliss-reactive ketones (excluding diaryl/α,β-unsaturated/α-hetero) is 1. The molecule has 30 heteroatoms. The molecule has 0 aromatic heterocycles. The van der Waals surface area contributed by atoms with Crippen LogP contribution < -0.4 is 14.8 Å². The van der Waals surface area contributed by atoms with Gasteiger partial charge < -0.3 is 50.9 Å². The normalized spacial score (nSPS) is 11.3. The third-order valence-electron chi connectivity index (χ3n) is 10.0. The molecule has 5 aromatic rings. The molecule has 0 aliphatic carbocycles. The predicted molar refractivity (Wildman–Crippen MR) is 281 cm³/mol. The van der Waals surface area contributed by atoms with E-state index >= 15 is 0 Å². The van der Waals surface area contributed by atoms with Crippen LogP contribution in [0.25, 0.3) is 0 Å². The third kappa shape index (κ3) is 28.5. The Kier molecular flexibility index (Phi) is 29.3. The number of anilines is 1. The fourth-order valence-electron chi connectivity index (χ4n) is 6.07. The number of ketones is 1. The average molecular weight is 1200 g/mol. The summed E-state index contributed by atoms with van der Waals surface area (Å²) in [7, 11) is -3.75. The summed E-state index contributed by atoms with van der Waals surface area (Å²) in [5, 5.41) is 80.3. The monoisotopic (exact) mass is 1200 g/mol. The smallest absolute Gasteiger partial charge is 0.507 e. The number of aromatic carboxylic acids is 4. The van der Waals surface area contributed by atoms with Gasteiger partial charge in [0.1, 0.15) is 34.6 Å². The molecule has 0 fully saturated rings. The molecule has 83 heavy (non-hydrogen) atoms. The number of nitrogens with zero attached hydrogens (tertiary/aromatic N) is 2. The molecule has 0 radical (unpaired) electrons. The van der Waals surface area contributed by atoms with Crippen LogP contribution in [-0.2, 0) is 35.4 Å². The van der Waals surface area contributed by atoms with Crippen LogP contribution in [0.1, 0.15) is 125 Å². The van der Waals surface area contributed by atoms with Gasteiger partial charge in [-0.2, -0.15) is 23.0 Å². The minimum atomic E-state index is -4.81. The SMILES string of the molecule is CC(=O)Nc1cc(C(=O)O)cc(C(=O)O)c1.CCCCCCC(=O)CCCC(=O)O.Cc1ccc(S(=O)(=O)NC(C)C(=O)O)cc1.O=C(O)c1c(O)ccc(N=Nc2cccc(C(F)(F)F)c2)c1O.O=C(O)c1cccc(OC(F)(F)F)c1. The maximum atomic E-state index is 12.6.